The molecule has 0 bridgehead atoms. The summed E-state index contributed by atoms with van der Waals surface area (Å²) >= 11 is 0. The maximum Gasteiger partial charge on any atom is 0.269 e. The molecule has 0 spiro atoms. The van der Waals surface area contributed by atoms with Gasteiger partial charge >= 0.3 is 0 Å². The van der Waals surface area contributed by atoms with E-state index >= 15 is 0 Å². The van der Waals surface area contributed by atoms with Crippen LogP contribution in [0.15, 0.2) is 36.4 Å². The van der Waals surface area contributed by atoms with E-state index in [9.17, 15) is 28.5 Å². The number of nitrogens with one attached hydrogen (secondary N) is 1. The number of nitrogens with two attached hydrogens (primary N) is 1. The predicted molar refractivity (Wildman–Crippen MR) is 90.2 cm³/mol. The number of nitro groups is 1. The third-order valence-electron chi connectivity index (χ3n) is 3.67. The number of ether oxygens (including phenoxy) is 1. The number of hydrogen-bond donors (Lipinski definition) is 2. The van der Waals surface area contributed by atoms with Gasteiger partial charge in [0.1, 0.15) is 23.4 Å². The molecule has 0 aromatic heterocycles. The van der Waals surface area contributed by atoms with Crippen LogP contribution in [0, 0.1) is 21.7 Å². The lowest BCUT2D eigenvalue weighted by atomic mass is 10.0. The van der Waals surface area contributed by atoms with Crippen molar-refractivity contribution in [2.75, 3.05) is 7.11 Å². The van der Waals surface area contributed by atoms with Crippen LogP contribution in [0.25, 0.3) is 0 Å². The van der Waals surface area contributed by atoms with E-state index in [2.05, 4.69) is 5.32 Å². The molecule has 0 aliphatic carbocycles. The molecular weight excluding hydrogens is 364 g/mol. The highest BCUT2D eigenvalue weighted by atomic mass is 19.1. The first-order valence-electron chi connectivity index (χ1n) is 7.59. The molecule has 2 aromatic rings. The molecule has 0 aliphatic heterocycles. The Bertz CT molecular complexity index is 884. The molecule has 142 valence electrons. The van der Waals surface area contributed by atoms with E-state index < -0.39 is 34.4 Å². The lowest BCUT2D eigenvalue weighted by molar-refractivity contribution is -0.384. The summed E-state index contributed by atoms with van der Waals surface area (Å²) in [7, 11) is 1.33. The van der Waals surface area contributed by atoms with Crippen molar-refractivity contribution < 1.29 is 28.0 Å². The molecule has 2 aromatic carbocycles. The molecule has 0 aliphatic rings. The van der Waals surface area contributed by atoms with Gasteiger partial charge in [0.25, 0.3) is 11.6 Å². The Morgan fingerprint density at radius 3 is 2.37 bits per heavy atom. The quantitative estimate of drug-likeness (QED) is 0.560. The Morgan fingerprint density at radius 1 is 1.22 bits per heavy atom. The number of carbonyl (C=O) groups excluding carboxylic acids is 2. The first kappa shape index (κ1) is 19.8. The van der Waals surface area contributed by atoms with Gasteiger partial charge in [-0.15, -0.1) is 0 Å². The zero-order chi connectivity index (χ0) is 20.1. The molecule has 0 saturated carbocycles. The molecule has 0 saturated heterocycles. The molecule has 10 heteroatoms. The number of methoxy groups -OCH3 is 1. The van der Waals surface area contributed by atoms with Crippen molar-refractivity contribution in [1.29, 1.82) is 0 Å². The monoisotopic (exact) mass is 379 g/mol. The van der Waals surface area contributed by atoms with Crippen LogP contribution in [0.5, 0.6) is 5.75 Å². The third-order valence-corrected chi connectivity index (χ3v) is 3.67. The summed E-state index contributed by atoms with van der Waals surface area (Å²) < 4.78 is 31.6. The molecule has 2 rings (SSSR count). The van der Waals surface area contributed by atoms with Gasteiger partial charge in [-0.3, -0.25) is 19.7 Å². The highest BCUT2D eigenvalue weighted by Gasteiger charge is 2.23. The molecule has 8 nitrogen and oxygen atoms in total. The average molecular weight is 379 g/mol. The minimum Gasteiger partial charge on any atom is -0.496 e. The molecule has 0 radical (unpaired) electrons. The number of benzene rings is 2. The molecule has 0 fully saturated rings. The van der Waals surface area contributed by atoms with Crippen LogP contribution in [0.1, 0.15) is 15.9 Å². The van der Waals surface area contributed by atoms with Gasteiger partial charge < -0.3 is 15.8 Å². The zero-order valence-electron chi connectivity index (χ0n) is 14.1. The normalized spacial score (nSPS) is 11.5. The van der Waals surface area contributed by atoms with E-state index in [0.29, 0.717) is 6.07 Å². The second-order valence-electron chi connectivity index (χ2n) is 5.54. The minimum atomic E-state index is -1.29. The van der Waals surface area contributed by atoms with Gasteiger partial charge in [0.15, 0.2) is 0 Å². The maximum atomic E-state index is 13.3. The van der Waals surface area contributed by atoms with Crippen molar-refractivity contribution >= 4 is 17.5 Å². The number of amides is 2. The second-order valence-corrected chi connectivity index (χ2v) is 5.54. The van der Waals surface area contributed by atoms with Gasteiger partial charge in [0.2, 0.25) is 5.91 Å². The van der Waals surface area contributed by atoms with Gasteiger partial charge in [-0.1, -0.05) is 0 Å². The molecule has 0 heterocycles. The Morgan fingerprint density at radius 2 is 1.85 bits per heavy atom. The smallest absolute Gasteiger partial charge is 0.269 e. The second kappa shape index (κ2) is 8.21. The van der Waals surface area contributed by atoms with Gasteiger partial charge in [0.05, 0.1) is 12.0 Å². The molecule has 1 atom stereocenters. The van der Waals surface area contributed by atoms with E-state index in [0.717, 1.165) is 12.1 Å². The van der Waals surface area contributed by atoms with Crippen molar-refractivity contribution in [2.45, 2.75) is 12.5 Å². The third kappa shape index (κ3) is 4.97. The van der Waals surface area contributed by atoms with Crippen LogP contribution in [-0.2, 0) is 11.2 Å². The van der Waals surface area contributed by atoms with Crippen molar-refractivity contribution in [3.05, 3.63) is 69.3 Å². The molecule has 2 amide bonds. The summed E-state index contributed by atoms with van der Waals surface area (Å²) in [5.41, 5.74) is 4.95. The highest BCUT2D eigenvalue weighted by molar-refractivity contribution is 5.97. The summed E-state index contributed by atoms with van der Waals surface area (Å²) in [5.74, 6) is -3.54. The van der Waals surface area contributed by atoms with E-state index in [-0.39, 0.29) is 29.0 Å². The average Bonchev–Trinajstić information content (AvgIpc) is 2.59. The van der Waals surface area contributed by atoms with Crippen LogP contribution < -0.4 is 15.8 Å². The summed E-state index contributed by atoms with van der Waals surface area (Å²) in [6, 6.07) is 4.64. The fraction of sp³-hybridized carbons (Fsp3) is 0.176. The number of rotatable bonds is 7. The fourth-order valence-corrected chi connectivity index (χ4v) is 2.41. The standard InChI is InChI=1S/C17H15F2N3O5/c1-27-15-3-2-13(22(25)26)6-9(15)7-14(16(20)23)21-17(24)10-4-11(18)8-12(19)5-10/h2-6,8,14H,7H2,1H3,(H2,20,23)(H,21,24)/t14-/m1/s1. The number of carbonyl (C=O) groups is 2. The van der Waals surface area contributed by atoms with Crippen LogP contribution in [-0.4, -0.2) is 29.9 Å². The summed E-state index contributed by atoms with van der Waals surface area (Å²) in [4.78, 5) is 34.2. The van der Waals surface area contributed by atoms with E-state index in [1.807, 2.05) is 0 Å². The van der Waals surface area contributed by atoms with Crippen LogP contribution in [0.2, 0.25) is 0 Å². The lowest BCUT2D eigenvalue weighted by Crippen LogP contribution is -2.46. The minimum absolute atomic E-state index is 0.219. The number of non-ortho nitro benzene ring substituents is 1. The number of hydrogen-bond acceptors (Lipinski definition) is 5. The van der Waals surface area contributed by atoms with Crippen molar-refractivity contribution in [3.8, 4) is 5.75 Å². The summed E-state index contributed by atoms with van der Waals surface area (Å²) in [6.07, 6.45) is -0.219. The van der Waals surface area contributed by atoms with Gasteiger partial charge in [-0.2, -0.15) is 0 Å². The largest absolute Gasteiger partial charge is 0.496 e. The molecular formula is C17H15F2N3O5. The predicted octanol–water partition coefficient (Wildman–Crippen LogP) is 1.71. The first-order chi connectivity index (χ1) is 12.7. The SMILES string of the molecule is COc1ccc([N+](=O)[O-])cc1C[C@@H](NC(=O)c1cc(F)cc(F)c1)C(N)=O. The first-order valence-corrected chi connectivity index (χ1v) is 7.59. The molecule has 0 unspecified atom stereocenters. The number of nitrogens with zero attached hydrogens (tertiary/aromatic N) is 1. The number of halogens is 2. The Hall–Kier alpha value is -3.56. The Balaban J connectivity index is 2.28. The highest BCUT2D eigenvalue weighted by Crippen LogP contribution is 2.25. The van der Waals surface area contributed by atoms with Crippen LogP contribution in [0.3, 0.4) is 0 Å². The van der Waals surface area contributed by atoms with Crippen molar-refractivity contribution in [3.63, 3.8) is 0 Å². The van der Waals surface area contributed by atoms with Crippen LogP contribution >= 0.6 is 0 Å². The number of nitro benzene ring substituents is 1. The Kier molecular flexibility index (Phi) is 6.01. The number of primary amides is 1. The zero-order valence-corrected chi connectivity index (χ0v) is 14.1. The van der Waals surface area contributed by atoms with Gasteiger partial charge in [-0.25, -0.2) is 8.78 Å². The molecule has 3 N–H and O–H groups in total. The van der Waals surface area contributed by atoms with Crippen molar-refractivity contribution in [1.82, 2.24) is 5.32 Å². The van der Waals surface area contributed by atoms with E-state index in [1.165, 1.54) is 25.3 Å². The lowest BCUT2D eigenvalue weighted by Gasteiger charge is -2.17. The topological polar surface area (TPSA) is 125 Å². The van der Waals surface area contributed by atoms with Crippen molar-refractivity contribution in [2.24, 2.45) is 5.73 Å². The molecule has 27 heavy (non-hydrogen) atoms. The summed E-state index contributed by atoms with van der Waals surface area (Å²) in [5, 5.41) is 13.2. The maximum absolute atomic E-state index is 13.3. The Labute approximate surface area is 152 Å². The summed E-state index contributed by atoms with van der Waals surface area (Å²) in [6.45, 7) is 0. The van der Waals surface area contributed by atoms with Crippen LogP contribution in [0.4, 0.5) is 14.5 Å². The van der Waals surface area contributed by atoms with E-state index in [4.69, 9.17) is 10.5 Å². The van der Waals surface area contributed by atoms with Gasteiger partial charge in [0, 0.05) is 35.7 Å². The van der Waals surface area contributed by atoms with E-state index in [1.54, 1.807) is 0 Å². The fourth-order valence-electron chi connectivity index (χ4n) is 2.41. The van der Waals surface area contributed by atoms with Gasteiger partial charge in [-0.05, 0) is 18.2 Å².